The predicted molar refractivity (Wildman–Crippen MR) is 130 cm³/mol. The Bertz CT molecular complexity index is 822. The van der Waals surface area contributed by atoms with Crippen molar-refractivity contribution >= 4 is 27.5 Å². The van der Waals surface area contributed by atoms with E-state index in [4.69, 9.17) is 18.5 Å². The molecule has 186 valence electrons. The van der Waals surface area contributed by atoms with Crippen molar-refractivity contribution in [2.45, 2.75) is 63.9 Å². The summed E-state index contributed by atoms with van der Waals surface area (Å²) in [5.41, 5.74) is 1.05. The Hall–Kier alpha value is -1.51. The summed E-state index contributed by atoms with van der Waals surface area (Å²) in [5, 5.41) is 0. The first-order valence-corrected chi connectivity index (χ1v) is 16.7. The van der Waals surface area contributed by atoms with Crippen LogP contribution in [0.5, 0.6) is 0 Å². The number of β-lactam (4-membered cyclic amide) rings is 1. The molecule has 1 aliphatic rings. The number of benzene rings is 1. The molecule has 33 heavy (non-hydrogen) atoms. The molecule has 1 fully saturated rings. The van der Waals surface area contributed by atoms with Crippen LogP contribution in [0.25, 0.3) is 0 Å². The lowest BCUT2D eigenvalue weighted by Gasteiger charge is -2.50. The molecule has 1 heterocycles. The number of amides is 1. The van der Waals surface area contributed by atoms with Crippen molar-refractivity contribution in [3.63, 3.8) is 0 Å². The average molecular weight is 500 g/mol. The highest BCUT2D eigenvalue weighted by molar-refractivity contribution is 7.55. The minimum atomic E-state index is -3.95. The maximum Gasteiger partial charge on any atom is 0.364 e. The zero-order valence-corrected chi connectivity index (χ0v) is 22.5. The normalized spacial score (nSPS) is 19.8. The Morgan fingerprint density at radius 1 is 1.12 bits per heavy atom. The van der Waals surface area contributed by atoms with Crippen LogP contribution >= 0.6 is 7.60 Å². The molecule has 1 aromatic carbocycles. The van der Waals surface area contributed by atoms with Gasteiger partial charge >= 0.3 is 13.6 Å². The largest absolute Gasteiger partial charge is 0.464 e. The molecule has 0 N–H and O–H groups in total. The molecular formula is C23H38NO7PSi. The molecule has 0 aliphatic carbocycles. The van der Waals surface area contributed by atoms with Crippen LogP contribution in [0.3, 0.4) is 0 Å². The average Bonchev–Trinajstić information content (AvgIpc) is 2.78. The van der Waals surface area contributed by atoms with Gasteiger partial charge in [-0.05, 0) is 24.4 Å². The van der Waals surface area contributed by atoms with Gasteiger partial charge in [0.1, 0.15) is 0 Å². The topological polar surface area (TPSA) is 91.4 Å². The molecule has 10 heteroatoms. The molecule has 0 bridgehead atoms. The number of hydrogen-bond donors (Lipinski definition) is 0. The molecule has 0 aromatic heterocycles. The van der Waals surface area contributed by atoms with Crippen molar-refractivity contribution in [1.82, 2.24) is 4.90 Å². The summed E-state index contributed by atoms with van der Waals surface area (Å²) in [5.74, 6) is -2.70. The van der Waals surface area contributed by atoms with Crippen LogP contribution in [0.4, 0.5) is 0 Å². The molecule has 0 saturated carbocycles. The smallest absolute Gasteiger partial charge is 0.364 e. The van der Waals surface area contributed by atoms with Gasteiger partial charge in [-0.2, -0.15) is 0 Å². The van der Waals surface area contributed by atoms with Gasteiger partial charge in [0, 0.05) is 34.9 Å². The molecule has 1 amide bonds. The summed E-state index contributed by atoms with van der Waals surface area (Å²) in [6, 6.07) is 10.2. The van der Waals surface area contributed by atoms with Gasteiger partial charge in [-0.25, -0.2) is 4.79 Å². The summed E-state index contributed by atoms with van der Waals surface area (Å²) in [6.07, 6.45) is 1.11. The third kappa shape index (κ3) is 7.23. The van der Waals surface area contributed by atoms with Gasteiger partial charge < -0.3 is 23.4 Å². The van der Waals surface area contributed by atoms with Gasteiger partial charge in [-0.15, -0.1) is 0 Å². The number of esters is 1. The molecule has 8 nitrogen and oxygen atoms in total. The highest BCUT2D eigenvalue weighted by Gasteiger charge is 2.58. The van der Waals surface area contributed by atoms with Crippen LogP contribution in [-0.4, -0.2) is 64.1 Å². The third-order valence-corrected chi connectivity index (χ3v) is 9.66. The van der Waals surface area contributed by atoms with Gasteiger partial charge in [-0.3, -0.25) is 9.36 Å². The van der Waals surface area contributed by atoms with Crippen molar-refractivity contribution in [2.75, 3.05) is 27.4 Å². The van der Waals surface area contributed by atoms with Crippen molar-refractivity contribution in [2.24, 2.45) is 5.92 Å². The predicted octanol–water partition coefficient (Wildman–Crippen LogP) is 4.52. The quantitative estimate of drug-likeness (QED) is 0.122. The van der Waals surface area contributed by atoms with Gasteiger partial charge in [0.05, 0.1) is 19.1 Å². The lowest BCUT2D eigenvalue weighted by Crippen LogP contribution is -2.66. The van der Waals surface area contributed by atoms with Gasteiger partial charge in [0.25, 0.3) is 0 Å². The van der Waals surface area contributed by atoms with Crippen LogP contribution in [-0.2, 0) is 39.3 Å². The number of hydrogen-bond acceptors (Lipinski definition) is 7. The van der Waals surface area contributed by atoms with Crippen molar-refractivity contribution in [3.05, 3.63) is 35.9 Å². The van der Waals surface area contributed by atoms with E-state index in [1.54, 1.807) is 0 Å². The number of ether oxygens (including phenoxy) is 2. The standard InChI is InChI=1S/C23H38NO7PSi/c1-7-19-20(13-14-30-17-18-11-9-8-10-12-18)24(21(19)25)22(32(27,28-2)29-3)23(26)31-15-16-33(4,5)6/h8-12,19-20,22H,7,13-17H2,1-6H3. The molecule has 1 aromatic rings. The first-order valence-electron chi connectivity index (χ1n) is 11.4. The number of carbonyl (C=O) groups is 2. The van der Waals surface area contributed by atoms with E-state index >= 15 is 0 Å². The maximum absolute atomic E-state index is 13.3. The van der Waals surface area contributed by atoms with E-state index in [1.165, 1.54) is 19.1 Å². The lowest BCUT2D eigenvalue weighted by molar-refractivity contribution is -0.170. The number of rotatable bonds is 14. The van der Waals surface area contributed by atoms with E-state index in [9.17, 15) is 14.2 Å². The summed E-state index contributed by atoms with van der Waals surface area (Å²) in [7, 11) is -2.96. The fourth-order valence-corrected chi connectivity index (χ4v) is 6.08. The molecule has 3 atom stereocenters. The van der Waals surface area contributed by atoms with Crippen LogP contribution in [0, 0.1) is 5.92 Å². The molecule has 1 aliphatic heterocycles. The van der Waals surface area contributed by atoms with E-state index in [1.807, 2.05) is 37.3 Å². The van der Waals surface area contributed by atoms with Crippen LogP contribution in [0.15, 0.2) is 30.3 Å². The van der Waals surface area contributed by atoms with Crippen LogP contribution in [0.2, 0.25) is 25.7 Å². The molecule has 0 radical (unpaired) electrons. The van der Waals surface area contributed by atoms with E-state index in [0.717, 1.165) is 11.6 Å². The Balaban J connectivity index is 2.13. The monoisotopic (exact) mass is 499 g/mol. The van der Waals surface area contributed by atoms with Gasteiger partial charge in [0.2, 0.25) is 11.7 Å². The van der Waals surface area contributed by atoms with E-state index < -0.39 is 27.4 Å². The highest BCUT2D eigenvalue weighted by atomic mass is 31.2. The Kier molecular flexibility index (Phi) is 10.3. The molecule has 0 spiro atoms. The Morgan fingerprint density at radius 2 is 1.76 bits per heavy atom. The van der Waals surface area contributed by atoms with Crippen molar-refractivity contribution in [1.29, 1.82) is 0 Å². The second-order valence-corrected chi connectivity index (χ2v) is 17.3. The van der Waals surface area contributed by atoms with Crippen molar-refractivity contribution in [3.8, 4) is 0 Å². The summed E-state index contributed by atoms with van der Waals surface area (Å²) >= 11 is 0. The summed E-state index contributed by atoms with van der Waals surface area (Å²) < 4.78 is 34.9. The Labute approximate surface area is 198 Å². The fraction of sp³-hybridized carbons (Fsp3) is 0.652. The molecular weight excluding hydrogens is 461 g/mol. The molecule has 2 rings (SSSR count). The molecule has 1 saturated heterocycles. The summed E-state index contributed by atoms with van der Waals surface area (Å²) in [6.45, 7) is 9.49. The van der Waals surface area contributed by atoms with Gasteiger partial charge in [-0.1, -0.05) is 56.9 Å². The van der Waals surface area contributed by atoms with Crippen molar-refractivity contribution < 1.29 is 32.7 Å². The van der Waals surface area contributed by atoms with Gasteiger partial charge in [0.15, 0.2) is 0 Å². The number of nitrogens with zero attached hydrogens (tertiary/aromatic N) is 1. The highest BCUT2D eigenvalue weighted by Crippen LogP contribution is 2.56. The summed E-state index contributed by atoms with van der Waals surface area (Å²) in [4.78, 5) is 27.4. The first kappa shape index (κ1) is 27.7. The second kappa shape index (κ2) is 12.3. The zero-order valence-electron chi connectivity index (χ0n) is 20.6. The number of likely N-dealkylation sites (tertiary alicyclic amines) is 1. The lowest BCUT2D eigenvalue weighted by atomic mass is 9.83. The van der Waals surface area contributed by atoms with E-state index in [-0.39, 0.29) is 24.5 Å². The SMILES string of the molecule is CCC1C(=O)N(C(C(=O)OCC[Si](C)(C)C)P(=O)(OC)OC)C1CCOCc1ccccc1. The van der Waals surface area contributed by atoms with Crippen LogP contribution in [0.1, 0.15) is 25.3 Å². The maximum atomic E-state index is 13.3. The number of carbonyl (C=O) groups excluding carboxylic acids is 2. The van der Waals surface area contributed by atoms with Crippen LogP contribution < -0.4 is 0 Å². The minimum Gasteiger partial charge on any atom is -0.464 e. The zero-order chi connectivity index (χ0) is 24.6. The third-order valence-electron chi connectivity index (χ3n) is 5.88. The second-order valence-electron chi connectivity index (χ2n) is 9.41. The fourth-order valence-electron chi connectivity index (χ4n) is 3.89. The van der Waals surface area contributed by atoms with E-state index in [2.05, 4.69) is 19.6 Å². The Morgan fingerprint density at radius 3 is 2.30 bits per heavy atom. The van der Waals surface area contributed by atoms with E-state index in [0.29, 0.717) is 26.1 Å². The minimum absolute atomic E-state index is 0.211. The first-order chi connectivity index (χ1) is 15.6. The molecule has 3 unspecified atom stereocenters.